The van der Waals surface area contributed by atoms with Gasteiger partial charge in [0.1, 0.15) is 17.5 Å². The summed E-state index contributed by atoms with van der Waals surface area (Å²) in [7, 11) is 5.34. The van der Waals surface area contributed by atoms with E-state index in [2.05, 4.69) is 16.0 Å². The quantitative estimate of drug-likeness (QED) is 0.855. The molecule has 0 unspecified atom stereocenters. The van der Waals surface area contributed by atoms with Crippen LogP contribution >= 0.6 is 0 Å². The van der Waals surface area contributed by atoms with Crippen molar-refractivity contribution in [2.75, 3.05) is 26.1 Å². The van der Waals surface area contributed by atoms with Crippen LogP contribution in [0.2, 0.25) is 0 Å². The third-order valence-corrected chi connectivity index (χ3v) is 2.92. The SMILES string of the molecule is COc1ccc(-c2cc(C#N)nc(N(C)C)n2)cc1C. The van der Waals surface area contributed by atoms with E-state index in [0.717, 1.165) is 22.6 Å². The minimum atomic E-state index is 0.354. The Morgan fingerprint density at radius 2 is 1.95 bits per heavy atom. The highest BCUT2D eigenvalue weighted by Gasteiger charge is 2.09. The third kappa shape index (κ3) is 2.69. The van der Waals surface area contributed by atoms with Crippen molar-refractivity contribution in [3.05, 3.63) is 35.5 Å². The lowest BCUT2D eigenvalue weighted by Crippen LogP contribution is -2.13. The van der Waals surface area contributed by atoms with E-state index in [0.29, 0.717) is 11.6 Å². The fourth-order valence-electron chi connectivity index (χ4n) is 1.88. The molecule has 0 saturated carbocycles. The van der Waals surface area contributed by atoms with Crippen LogP contribution in [0.5, 0.6) is 5.75 Å². The fourth-order valence-corrected chi connectivity index (χ4v) is 1.88. The molecule has 5 heteroatoms. The maximum Gasteiger partial charge on any atom is 0.226 e. The standard InChI is InChI=1S/C15H16N4O/c1-10-7-11(5-6-14(10)20-4)13-8-12(9-16)17-15(18-13)19(2)3/h5-8H,1-4H3. The molecular formula is C15H16N4O. The van der Waals surface area contributed by atoms with Crippen molar-refractivity contribution in [1.82, 2.24) is 9.97 Å². The van der Waals surface area contributed by atoms with E-state index in [4.69, 9.17) is 10.00 Å². The molecule has 0 saturated heterocycles. The second-order valence-corrected chi connectivity index (χ2v) is 4.63. The second-order valence-electron chi connectivity index (χ2n) is 4.63. The van der Waals surface area contributed by atoms with Crippen LogP contribution in [-0.2, 0) is 0 Å². The van der Waals surface area contributed by atoms with Crippen molar-refractivity contribution < 1.29 is 4.74 Å². The smallest absolute Gasteiger partial charge is 0.226 e. The number of aromatic nitrogens is 2. The van der Waals surface area contributed by atoms with Crippen LogP contribution in [0, 0.1) is 18.3 Å². The van der Waals surface area contributed by atoms with Gasteiger partial charge in [0.2, 0.25) is 5.95 Å². The van der Waals surface area contributed by atoms with Gasteiger partial charge in [0, 0.05) is 25.7 Å². The van der Waals surface area contributed by atoms with Gasteiger partial charge < -0.3 is 9.64 Å². The van der Waals surface area contributed by atoms with E-state index in [1.165, 1.54) is 0 Å². The Labute approximate surface area is 118 Å². The monoisotopic (exact) mass is 268 g/mol. The number of hydrogen-bond donors (Lipinski definition) is 0. The first kappa shape index (κ1) is 13.8. The number of anilines is 1. The first-order valence-electron chi connectivity index (χ1n) is 6.16. The Balaban J connectivity index is 2.54. The van der Waals surface area contributed by atoms with Gasteiger partial charge in [-0.15, -0.1) is 0 Å². The van der Waals surface area contributed by atoms with Crippen molar-refractivity contribution >= 4 is 5.95 Å². The van der Waals surface area contributed by atoms with Gasteiger partial charge in [-0.1, -0.05) is 0 Å². The molecule has 2 aromatic rings. The molecule has 2 rings (SSSR count). The van der Waals surface area contributed by atoms with Crippen molar-refractivity contribution in [1.29, 1.82) is 5.26 Å². The molecule has 0 radical (unpaired) electrons. The zero-order valence-electron chi connectivity index (χ0n) is 12.0. The van der Waals surface area contributed by atoms with Crippen molar-refractivity contribution in [3.8, 4) is 23.1 Å². The lowest BCUT2D eigenvalue weighted by molar-refractivity contribution is 0.412. The van der Waals surface area contributed by atoms with Crippen molar-refractivity contribution in [2.45, 2.75) is 6.92 Å². The number of ether oxygens (including phenoxy) is 1. The summed E-state index contributed by atoms with van der Waals surface area (Å²) >= 11 is 0. The number of hydrogen-bond acceptors (Lipinski definition) is 5. The third-order valence-electron chi connectivity index (χ3n) is 2.92. The maximum absolute atomic E-state index is 9.07. The zero-order chi connectivity index (χ0) is 14.7. The molecule has 0 N–H and O–H groups in total. The molecule has 20 heavy (non-hydrogen) atoms. The lowest BCUT2D eigenvalue weighted by Gasteiger charge is -2.12. The Hall–Kier alpha value is -2.61. The highest BCUT2D eigenvalue weighted by atomic mass is 16.5. The molecule has 0 atom stereocenters. The highest BCUT2D eigenvalue weighted by Crippen LogP contribution is 2.26. The van der Waals surface area contributed by atoms with Gasteiger partial charge in [-0.3, -0.25) is 0 Å². The summed E-state index contributed by atoms with van der Waals surface area (Å²) in [6.07, 6.45) is 0. The summed E-state index contributed by atoms with van der Waals surface area (Å²) in [6.45, 7) is 1.97. The summed E-state index contributed by atoms with van der Waals surface area (Å²) in [6, 6.07) is 9.57. The van der Waals surface area contributed by atoms with Crippen molar-refractivity contribution in [3.63, 3.8) is 0 Å². The summed E-state index contributed by atoms with van der Waals surface area (Å²) in [4.78, 5) is 10.4. The molecule has 1 aromatic carbocycles. The molecule has 102 valence electrons. The van der Waals surface area contributed by atoms with Crippen LogP contribution < -0.4 is 9.64 Å². The van der Waals surface area contributed by atoms with Crippen LogP contribution in [0.25, 0.3) is 11.3 Å². The summed E-state index contributed by atoms with van der Waals surface area (Å²) < 4.78 is 5.25. The molecule has 0 spiro atoms. The van der Waals surface area contributed by atoms with Crippen molar-refractivity contribution in [2.24, 2.45) is 0 Å². The predicted octanol–water partition coefficient (Wildman–Crippen LogP) is 2.40. The minimum Gasteiger partial charge on any atom is -0.496 e. The predicted molar refractivity (Wildman–Crippen MR) is 77.8 cm³/mol. The molecule has 1 heterocycles. The normalized spacial score (nSPS) is 9.95. The molecule has 0 fully saturated rings. The van der Waals surface area contributed by atoms with E-state index in [1.807, 2.05) is 39.2 Å². The summed E-state index contributed by atoms with van der Waals surface area (Å²) in [5, 5.41) is 9.07. The molecule has 0 aliphatic heterocycles. The largest absolute Gasteiger partial charge is 0.496 e. The molecule has 1 aromatic heterocycles. The minimum absolute atomic E-state index is 0.354. The molecule has 5 nitrogen and oxygen atoms in total. The van der Waals surface area contributed by atoms with Gasteiger partial charge in [-0.2, -0.15) is 5.26 Å². The van der Waals surface area contributed by atoms with E-state index in [1.54, 1.807) is 18.1 Å². The number of nitriles is 1. The molecular weight excluding hydrogens is 252 g/mol. The number of rotatable bonds is 3. The van der Waals surface area contributed by atoms with E-state index in [9.17, 15) is 0 Å². The molecule has 0 aliphatic rings. The zero-order valence-corrected chi connectivity index (χ0v) is 12.0. The molecule has 0 aliphatic carbocycles. The van der Waals surface area contributed by atoms with Gasteiger partial charge in [0.15, 0.2) is 0 Å². The Morgan fingerprint density at radius 3 is 2.50 bits per heavy atom. The van der Waals surface area contributed by atoms with Crippen LogP contribution in [0.1, 0.15) is 11.3 Å². The topological polar surface area (TPSA) is 62.0 Å². The number of aryl methyl sites for hydroxylation is 1. The number of nitrogens with zero attached hydrogens (tertiary/aromatic N) is 4. The number of methoxy groups -OCH3 is 1. The second kappa shape index (κ2) is 5.57. The summed E-state index contributed by atoms with van der Waals surface area (Å²) in [5.41, 5.74) is 3.04. The lowest BCUT2D eigenvalue weighted by atomic mass is 10.1. The molecule has 0 bridgehead atoms. The van der Waals surface area contributed by atoms with Gasteiger partial charge >= 0.3 is 0 Å². The van der Waals surface area contributed by atoms with Crippen LogP contribution in [0.3, 0.4) is 0 Å². The Kier molecular flexibility index (Phi) is 3.85. The van der Waals surface area contributed by atoms with Gasteiger partial charge in [0.05, 0.1) is 12.8 Å². The average molecular weight is 268 g/mol. The van der Waals surface area contributed by atoms with Gasteiger partial charge in [-0.05, 0) is 30.7 Å². The Bertz CT molecular complexity index is 674. The Morgan fingerprint density at radius 1 is 1.20 bits per heavy atom. The van der Waals surface area contributed by atoms with Crippen LogP contribution in [-0.4, -0.2) is 31.2 Å². The summed E-state index contributed by atoms with van der Waals surface area (Å²) in [5.74, 6) is 1.35. The van der Waals surface area contributed by atoms with E-state index in [-0.39, 0.29) is 0 Å². The van der Waals surface area contributed by atoms with Gasteiger partial charge in [0.25, 0.3) is 0 Å². The van der Waals surface area contributed by atoms with E-state index >= 15 is 0 Å². The number of benzene rings is 1. The highest BCUT2D eigenvalue weighted by molar-refractivity contribution is 5.64. The first-order chi connectivity index (χ1) is 9.55. The maximum atomic E-state index is 9.07. The van der Waals surface area contributed by atoms with Crippen LogP contribution in [0.4, 0.5) is 5.95 Å². The fraction of sp³-hybridized carbons (Fsp3) is 0.267. The van der Waals surface area contributed by atoms with Gasteiger partial charge in [-0.25, -0.2) is 9.97 Å². The van der Waals surface area contributed by atoms with Crippen LogP contribution in [0.15, 0.2) is 24.3 Å². The average Bonchev–Trinajstić information content (AvgIpc) is 2.46. The van der Waals surface area contributed by atoms with E-state index < -0.39 is 0 Å². The molecule has 0 amide bonds. The first-order valence-corrected chi connectivity index (χ1v) is 6.16.